The molecule has 0 saturated heterocycles. The van der Waals surface area contributed by atoms with Crippen LogP contribution in [0.2, 0.25) is 0 Å². The number of amides is 1. The van der Waals surface area contributed by atoms with Crippen LogP contribution in [0, 0.1) is 11.3 Å². The maximum absolute atomic E-state index is 13.8. The van der Waals surface area contributed by atoms with Crippen LogP contribution in [0.1, 0.15) is 11.1 Å². The summed E-state index contributed by atoms with van der Waals surface area (Å²) in [5.41, 5.74) is 3.45. The van der Waals surface area contributed by atoms with Crippen LogP contribution in [0.15, 0.2) is 69.2 Å². The fourth-order valence-corrected chi connectivity index (χ4v) is 4.39. The average Bonchev–Trinajstić information content (AvgIpc) is 2.97. The Morgan fingerprint density at radius 1 is 1.16 bits per heavy atom. The summed E-state index contributed by atoms with van der Waals surface area (Å²) in [5.74, 6) is -2.38. The number of fused-ring (bicyclic) bond motifs is 6. The third kappa shape index (κ3) is 2.21. The van der Waals surface area contributed by atoms with Crippen molar-refractivity contribution in [2.45, 2.75) is 5.41 Å². The number of aliphatic carboxylic acids is 1. The van der Waals surface area contributed by atoms with E-state index < -0.39 is 29.5 Å². The Kier molecular flexibility index (Phi) is 3.69. The number of ether oxygens (including phenoxy) is 1. The highest BCUT2D eigenvalue weighted by atomic mass is 16.5. The number of carboxylic acids is 1. The molecule has 3 N–H and O–H groups in total. The van der Waals surface area contributed by atoms with Gasteiger partial charge in [0.05, 0.1) is 5.39 Å². The van der Waals surface area contributed by atoms with Gasteiger partial charge in [0, 0.05) is 11.3 Å². The zero-order chi connectivity index (χ0) is 21.9. The van der Waals surface area contributed by atoms with Crippen molar-refractivity contribution in [1.29, 1.82) is 5.26 Å². The summed E-state index contributed by atoms with van der Waals surface area (Å²) < 4.78 is 11.1. The molecule has 3 aromatic rings. The Hall–Kier alpha value is -4.58. The maximum atomic E-state index is 13.8. The fraction of sp³-hybridized carbons (Fsp3) is 0.0909. The van der Waals surface area contributed by atoms with E-state index in [1.165, 1.54) is 0 Å². The Bertz CT molecular complexity index is 1450. The van der Waals surface area contributed by atoms with Gasteiger partial charge in [0.15, 0.2) is 11.2 Å². The minimum atomic E-state index is -1.98. The van der Waals surface area contributed by atoms with Crippen LogP contribution in [0.3, 0.4) is 0 Å². The lowest BCUT2D eigenvalue weighted by Gasteiger charge is -2.33. The molecule has 152 valence electrons. The first kappa shape index (κ1) is 18.4. The third-order valence-electron chi connectivity index (χ3n) is 5.54. The van der Waals surface area contributed by atoms with E-state index in [4.69, 9.17) is 14.9 Å². The van der Waals surface area contributed by atoms with E-state index in [-0.39, 0.29) is 39.6 Å². The zero-order valence-corrected chi connectivity index (χ0v) is 15.8. The third-order valence-corrected chi connectivity index (χ3v) is 5.54. The van der Waals surface area contributed by atoms with Crippen LogP contribution >= 0.6 is 0 Å². The van der Waals surface area contributed by atoms with Crippen molar-refractivity contribution < 1.29 is 23.8 Å². The monoisotopic (exact) mass is 415 g/mol. The van der Waals surface area contributed by atoms with E-state index in [2.05, 4.69) is 0 Å². The lowest BCUT2D eigenvalue weighted by atomic mass is 9.69. The van der Waals surface area contributed by atoms with Gasteiger partial charge in [0.1, 0.15) is 29.3 Å². The molecule has 9 heteroatoms. The van der Waals surface area contributed by atoms with Crippen molar-refractivity contribution >= 4 is 28.5 Å². The SMILES string of the molecule is N#CC1=C(N)Oc2c(c(=O)oc3ccccc23)C12C(=O)N(CC(=O)O)c1ccccc12. The molecule has 3 heterocycles. The largest absolute Gasteiger partial charge is 0.480 e. The fourth-order valence-electron chi connectivity index (χ4n) is 4.39. The van der Waals surface area contributed by atoms with Crippen LogP contribution in [-0.4, -0.2) is 23.5 Å². The summed E-state index contributed by atoms with van der Waals surface area (Å²) in [5, 5.41) is 19.7. The summed E-state index contributed by atoms with van der Waals surface area (Å²) in [6.07, 6.45) is 0. The first-order valence-electron chi connectivity index (χ1n) is 9.19. The van der Waals surface area contributed by atoms with Crippen molar-refractivity contribution in [2.24, 2.45) is 5.73 Å². The second-order valence-corrected chi connectivity index (χ2v) is 7.10. The topological polar surface area (TPSA) is 147 Å². The van der Waals surface area contributed by atoms with Crippen molar-refractivity contribution in [3.8, 4) is 11.8 Å². The van der Waals surface area contributed by atoms with Crippen molar-refractivity contribution in [3.05, 3.63) is 81.5 Å². The Labute approximate surface area is 174 Å². The molecule has 0 bridgehead atoms. The summed E-state index contributed by atoms with van der Waals surface area (Å²) in [4.78, 5) is 39.5. The molecule has 1 aromatic heterocycles. The molecule has 2 aliphatic heterocycles. The summed E-state index contributed by atoms with van der Waals surface area (Å²) in [7, 11) is 0. The van der Waals surface area contributed by atoms with Crippen molar-refractivity contribution in [3.63, 3.8) is 0 Å². The second kappa shape index (κ2) is 6.21. The molecule has 0 saturated carbocycles. The summed E-state index contributed by atoms with van der Waals surface area (Å²) in [6, 6.07) is 14.8. The highest BCUT2D eigenvalue weighted by Gasteiger charge is 2.61. The molecule has 0 radical (unpaired) electrons. The number of anilines is 1. The second-order valence-electron chi connectivity index (χ2n) is 7.10. The van der Waals surface area contributed by atoms with Gasteiger partial charge in [-0.15, -0.1) is 0 Å². The number of nitrogens with two attached hydrogens (primary N) is 1. The molecule has 1 amide bonds. The number of benzene rings is 2. The highest BCUT2D eigenvalue weighted by molar-refractivity contribution is 6.16. The van der Waals surface area contributed by atoms with E-state index in [9.17, 15) is 24.8 Å². The van der Waals surface area contributed by atoms with Gasteiger partial charge in [0.25, 0.3) is 0 Å². The van der Waals surface area contributed by atoms with E-state index in [0.29, 0.717) is 5.39 Å². The molecule has 2 aromatic carbocycles. The minimum Gasteiger partial charge on any atom is -0.480 e. The molecule has 2 aliphatic rings. The first-order valence-corrected chi connectivity index (χ1v) is 9.19. The minimum absolute atomic E-state index is 0.00341. The van der Waals surface area contributed by atoms with E-state index in [0.717, 1.165) is 4.90 Å². The number of hydrogen-bond acceptors (Lipinski definition) is 7. The number of nitrogens with zero attached hydrogens (tertiary/aromatic N) is 2. The number of carboxylic acid groups (broad SMARTS) is 1. The van der Waals surface area contributed by atoms with Gasteiger partial charge >= 0.3 is 11.6 Å². The predicted octanol–water partition coefficient (Wildman–Crippen LogP) is 1.60. The van der Waals surface area contributed by atoms with Crippen molar-refractivity contribution in [2.75, 3.05) is 11.4 Å². The number of para-hydroxylation sites is 2. The standard InChI is InChI=1S/C22H13N3O6/c23-9-13-19(24)31-18-11-5-1-4-8-15(11)30-20(28)17(18)22(13)12-6-2-3-7-14(12)25(21(22)29)10-16(26)27/h1-8H,10,24H2,(H,26,27). The average molecular weight is 415 g/mol. The normalized spacial score (nSPS) is 19.2. The number of carbonyl (C=O) groups excluding carboxylic acids is 1. The molecular formula is C22H13N3O6. The van der Waals surface area contributed by atoms with E-state index in [1.54, 1.807) is 48.5 Å². The summed E-state index contributed by atoms with van der Waals surface area (Å²) in [6.45, 7) is -0.661. The van der Waals surface area contributed by atoms with Gasteiger partial charge in [-0.05, 0) is 18.2 Å². The molecule has 1 unspecified atom stereocenters. The predicted molar refractivity (Wildman–Crippen MR) is 107 cm³/mol. The van der Waals surface area contributed by atoms with Gasteiger partial charge in [-0.25, -0.2) is 4.79 Å². The Balaban J connectivity index is 1.97. The van der Waals surface area contributed by atoms with Gasteiger partial charge in [-0.2, -0.15) is 5.26 Å². The van der Waals surface area contributed by atoms with Gasteiger partial charge < -0.3 is 20.0 Å². The quantitative estimate of drug-likeness (QED) is 0.600. The van der Waals surface area contributed by atoms with Gasteiger partial charge in [-0.1, -0.05) is 30.3 Å². The van der Waals surface area contributed by atoms with Crippen LogP contribution in [-0.2, 0) is 15.0 Å². The molecule has 5 rings (SSSR count). The lowest BCUT2D eigenvalue weighted by molar-refractivity contribution is -0.136. The molecule has 0 fully saturated rings. The summed E-state index contributed by atoms with van der Waals surface area (Å²) >= 11 is 0. The molecule has 31 heavy (non-hydrogen) atoms. The Morgan fingerprint density at radius 3 is 2.61 bits per heavy atom. The molecule has 1 spiro atoms. The van der Waals surface area contributed by atoms with Gasteiger partial charge in [0.2, 0.25) is 11.8 Å². The van der Waals surface area contributed by atoms with Crippen LogP contribution < -0.4 is 21.0 Å². The number of nitriles is 1. The van der Waals surface area contributed by atoms with Crippen LogP contribution in [0.4, 0.5) is 5.69 Å². The number of rotatable bonds is 2. The van der Waals surface area contributed by atoms with Crippen LogP contribution in [0.25, 0.3) is 11.0 Å². The molecule has 0 aliphatic carbocycles. The smallest absolute Gasteiger partial charge is 0.345 e. The van der Waals surface area contributed by atoms with Crippen LogP contribution in [0.5, 0.6) is 5.75 Å². The van der Waals surface area contributed by atoms with E-state index in [1.807, 2.05) is 6.07 Å². The Morgan fingerprint density at radius 2 is 1.87 bits per heavy atom. The molecule has 9 nitrogen and oxygen atoms in total. The maximum Gasteiger partial charge on any atom is 0.345 e. The number of carbonyl (C=O) groups is 2. The molecular weight excluding hydrogens is 402 g/mol. The first-order chi connectivity index (χ1) is 14.9. The van der Waals surface area contributed by atoms with Crippen molar-refractivity contribution in [1.82, 2.24) is 0 Å². The lowest BCUT2D eigenvalue weighted by Crippen LogP contribution is -2.49. The highest BCUT2D eigenvalue weighted by Crippen LogP contribution is 2.55. The molecule has 1 atom stereocenters. The number of hydrogen-bond donors (Lipinski definition) is 2. The van der Waals surface area contributed by atoms with Gasteiger partial charge in [-0.3, -0.25) is 14.5 Å². The zero-order valence-electron chi connectivity index (χ0n) is 15.8. The van der Waals surface area contributed by atoms with E-state index >= 15 is 0 Å².